The third-order valence-electron chi connectivity index (χ3n) is 4.83. The summed E-state index contributed by atoms with van der Waals surface area (Å²) < 4.78 is 7.19. The fraction of sp³-hybridized carbons (Fsp3) is 0.438. The van der Waals surface area contributed by atoms with Crippen molar-refractivity contribution in [1.82, 2.24) is 9.66 Å². The zero-order valence-corrected chi connectivity index (χ0v) is 14.0. The molecular weight excluding hydrogens is 342 g/mol. The van der Waals surface area contributed by atoms with E-state index in [9.17, 15) is 20.1 Å². The number of aromatic nitrogens is 2. The highest BCUT2D eigenvalue weighted by molar-refractivity contribution is 6.06. The molecule has 0 aliphatic carbocycles. The van der Waals surface area contributed by atoms with Crippen molar-refractivity contribution in [2.75, 3.05) is 23.9 Å². The van der Waals surface area contributed by atoms with Crippen LogP contribution in [0.1, 0.15) is 6.92 Å². The molecule has 1 saturated heterocycles. The van der Waals surface area contributed by atoms with Gasteiger partial charge in [0.25, 0.3) is 5.56 Å². The highest BCUT2D eigenvalue weighted by Gasteiger charge is 2.51. The van der Waals surface area contributed by atoms with Crippen molar-refractivity contribution in [3.8, 4) is 0 Å². The Morgan fingerprint density at radius 3 is 3.00 bits per heavy atom. The van der Waals surface area contributed by atoms with E-state index in [1.807, 2.05) is 0 Å². The van der Waals surface area contributed by atoms with Gasteiger partial charge in [0, 0.05) is 17.6 Å². The maximum absolute atomic E-state index is 11.6. The van der Waals surface area contributed by atoms with Gasteiger partial charge in [0.05, 0.1) is 24.9 Å². The molecule has 0 radical (unpaired) electrons. The van der Waals surface area contributed by atoms with E-state index >= 15 is 0 Å². The molecule has 138 valence electrons. The third-order valence-corrected chi connectivity index (χ3v) is 4.83. The highest BCUT2D eigenvalue weighted by Crippen LogP contribution is 2.34. The summed E-state index contributed by atoms with van der Waals surface area (Å²) in [6, 6.07) is 3.03. The minimum atomic E-state index is -1.51. The molecule has 2 aromatic rings. The summed E-state index contributed by atoms with van der Waals surface area (Å²) in [5.74, 6) is 0.967. The van der Waals surface area contributed by atoms with Crippen molar-refractivity contribution >= 4 is 28.7 Å². The van der Waals surface area contributed by atoms with Gasteiger partial charge in [-0.05, 0) is 13.0 Å². The lowest BCUT2D eigenvalue weighted by Gasteiger charge is -2.27. The first-order valence-corrected chi connectivity index (χ1v) is 8.18. The van der Waals surface area contributed by atoms with Gasteiger partial charge in [-0.1, -0.05) is 0 Å². The topological polar surface area (TPSA) is 141 Å². The molecule has 10 heteroatoms. The van der Waals surface area contributed by atoms with Crippen molar-refractivity contribution < 1.29 is 20.1 Å². The molecule has 0 saturated carbocycles. The van der Waals surface area contributed by atoms with E-state index < -0.39 is 23.9 Å². The summed E-state index contributed by atoms with van der Waals surface area (Å²) in [5.41, 5.74) is 1.23. The number of nitrogens with zero attached hydrogens (tertiary/aromatic N) is 3. The zero-order chi connectivity index (χ0) is 18.5. The van der Waals surface area contributed by atoms with E-state index in [0.29, 0.717) is 17.0 Å². The standard InChI is InChI=1S/C16H19N5O5/c1-16(25)10(26-9(6-22)13(16)24)4-19-21-5-8-2-3-11(23)20-14-12(8)15(21)18-7-17-14/h2-3,5,7,9-10,13,19,22,24-25H,4,6H2,1H3,(H,17,18,20,23)/t9-,10+,13-,16+/m1/s1. The molecule has 5 N–H and O–H groups in total. The molecule has 2 aliphatic heterocycles. The van der Waals surface area contributed by atoms with Gasteiger partial charge in [0.2, 0.25) is 0 Å². The monoisotopic (exact) mass is 361 g/mol. The first-order chi connectivity index (χ1) is 12.4. The van der Waals surface area contributed by atoms with Crippen LogP contribution in [0.2, 0.25) is 0 Å². The van der Waals surface area contributed by atoms with Crippen LogP contribution in [0.15, 0.2) is 28.1 Å². The summed E-state index contributed by atoms with van der Waals surface area (Å²) in [7, 11) is 0. The molecule has 0 aromatic carbocycles. The molecule has 2 aliphatic rings. The van der Waals surface area contributed by atoms with Gasteiger partial charge in [-0.3, -0.25) is 4.79 Å². The Balaban J connectivity index is 1.64. The van der Waals surface area contributed by atoms with Gasteiger partial charge < -0.3 is 30.8 Å². The Kier molecular flexibility index (Phi) is 3.92. The lowest BCUT2D eigenvalue weighted by Crippen LogP contribution is -2.48. The summed E-state index contributed by atoms with van der Waals surface area (Å²) in [6.07, 6.45) is 0.430. The van der Waals surface area contributed by atoms with E-state index in [1.165, 1.54) is 19.3 Å². The van der Waals surface area contributed by atoms with Gasteiger partial charge in [-0.25, -0.2) is 9.67 Å². The predicted molar refractivity (Wildman–Crippen MR) is 94.4 cm³/mol. The lowest BCUT2D eigenvalue weighted by molar-refractivity contribution is -0.0592. The Bertz CT molecular complexity index is 941. The second-order valence-corrected chi connectivity index (χ2v) is 6.57. The molecule has 26 heavy (non-hydrogen) atoms. The Morgan fingerprint density at radius 1 is 1.46 bits per heavy atom. The minimum absolute atomic E-state index is 0.166. The average Bonchev–Trinajstić information content (AvgIpc) is 3.01. The Hall–Kier alpha value is -2.53. The average molecular weight is 361 g/mol. The second kappa shape index (κ2) is 6.02. The Morgan fingerprint density at radius 2 is 2.27 bits per heavy atom. The van der Waals surface area contributed by atoms with E-state index in [-0.39, 0.29) is 18.7 Å². The van der Waals surface area contributed by atoms with E-state index in [2.05, 4.69) is 20.7 Å². The molecular formula is C16H19N5O5. The van der Waals surface area contributed by atoms with Crippen LogP contribution in [0.25, 0.3) is 10.8 Å². The second-order valence-electron chi connectivity index (χ2n) is 6.57. The van der Waals surface area contributed by atoms with Gasteiger partial charge in [0.15, 0.2) is 5.82 Å². The maximum atomic E-state index is 11.6. The van der Waals surface area contributed by atoms with Crippen molar-refractivity contribution in [1.29, 1.82) is 0 Å². The minimum Gasteiger partial charge on any atom is -0.394 e. The number of hydrogen-bond donors (Lipinski definition) is 5. The van der Waals surface area contributed by atoms with Crippen LogP contribution in [0.3, 0.4) is 0 Å². The van der Waals surface area contributed by atoms with Crippen LogP contribution in [0.4, 0.5) is 11.6 Å². The van der Waals surface area contributed by atoms with E-state index in [0.717, 1.165) is 5.39 Å². The summed E-state index contributed by atoms with van der Waals surface area (Å²) in [5, 5.41) is 34.1. The number of aliphatic hydroxyl groups is 3. The van der Waals surface area contributed by atoms with Gasteiger partial charge in [0.1, 0.15) is 29.7 Å². The van der Waals surface area contributed by atoms with Crippen molar-refractivity contribution in [2.45, 2.75) is 30.8 Å². The molecule has 4 heterocycles. The van der Waals surface area contributed by atoms with Crippen molar-refractivity contribution in [3.05, 3.63) is 28.7 Å². The molecule has 2 aromatic heterocycles. The fourth-order valence-corrected chi connectivity index (χ4v) is 3.32. The summed E-state index contributed by atoms with van der Waals surface area (Å²) in [6.45, 7) is 1.25. The summed E-state index contributed by atoms with van der Waals surface area (Å²) >= 11 is 0. The number of hydrogen-bond acceptors (Lipinski definition) is 9. The largest absolute Gasteiger partial charge is 0.394 e. The summed E-state index contributed by atoms with van der Waals surface area (Å²) in [4.78, 5) is 19.9. The molecule has 4 atom stereocenters. The molecule has 0 unspecified atom stereocenters. The van der Waals surface area contributed by atoms with Crippen LogP contribution in [0.5, 0.6) is 0 Å². The first-order valence-electron chi connectivity index (χ1n) is 8.18. The smallest absolute Gasteiger partial charge is 0.271 e. The number of ether oxygens (including phenoxy) is 1. The highest BCUT2D eigenvalue weighted by atomic mass is 16.6. The number of aliphatic hydroxyl groups excluding tert-OH is 2. The number of aliphatic imine (C=N–C) groups is 1. The number of rotatable bonds is 4. The molecule has 1 fully saturated rings. The van der Waals surface area contributed by atoms with Crippen LogP contribution in [-0.4, -0.2) is 68.4 Å². The lowest BCUT2D eigenvalue weighted by atomic mass is 9.93. The molecule has 0 amide bonds. The molecule has 4 rings (SSSR count). The normalized spacial score (nSPS) is 29.8. The van der Waals surface area contributed by atoms with E-state index in [4.69, 9.17) is 4.74 Å². The predicted octanol–water partition coefficient (Wildman–Crippen LogP) is -1.10. The van der Waals surface area contributed by atoms with Crippen LogP contribution in [-0.2, 0) is 4.74 Å². The first kappa shape index (κ1) is 16.9. The number of nitrogens with one attached hydrogen (secondary N) is 2. The van der Waals surface area contributed by atoms with E-state index in [1.54, 1.807) is 16.9 Å². The van der Waals surface area contributed by atoms with Gasteiger partial charge >= 0.3 is 0 Å². The van der Waals surface area contributed by atoms with Crippen molar-refractivity contribution in [3.63, 3.8) is 0 Å². The maximum Gasteiger partial charge on any atom is 0.271 e. The SMILES string of the molecule is C[C@]1(O)[C@H](CNn2cc3ccc(=O)nc4c3c2N=CN4)O[C@H](CO)[C@H]1O. The Labute approximate surface area is 147 Å². The third kappa shape index (κ3) is 2.54. The quantitative estimate of drug-likeness (QED) is 0.462. The van der Waals surface area contributed by atoms with Crippen LogP contribution >= 0.6 is 0 Å². The number of anilines is 1. The van der Waals surface area contributed by atoms with Crippen LogP contribution < -0.4 is 16.3 Å². The van der Waals surface area contributed by atoms with Crippen LogP contribution in [0, 0.1) is 0 Å². The van der Waals surface area contributed by atoms with Gasteiger partial charge in [-0.2, -0.15) is 4.98 Å². The molecule has 0 spiro atoms. The van der Waals surface area contributed by atoms with Crippen molar-refractivity contribution in [2.24, 2.45) is 4.99 Å². The molecule has 0 bridgehead atoms. The zero-order valence-electron chi connectivity index (χ0n) is 14.0. The fourth-order valence-electron chi connectivity index (χ4n) is 3.32. The van der Waals surface area contributed by atoms with Gasteiger partial charge in [-0.15, -0.1) is 0 Å². The molecule has 10 nitrogen and oxygen atoms in total.